The summed E-state index contributed by atoms with van der Waals surface area (Å²) in [4.78, 5) is 20.0. The van der Waals surface area contributed by atoms with Gasteiger partial charge in [-0.25, -0.2) is 4.98 Å². The van der Waals surface area contributed by atoms with Crippen molar-refractivity contribution >= 4 is 16.8 Å². The number of likely N-dealkylation sites (tertiary alicyclic amines) is 1. The Balaban J connectivity index is 1.62. The van der Waals surface area contributed by atoms with Gasteiger partial charge in [-0.2, -0.15) is 5.10 Å². The van der Waals surface area contributed by atoms with E-state index in [0.717, 1.165) is 42.7 Å². The van der Waals surface area contributed by atoms with Crippen molar-refractivity contribution in [3.8, 4) is 17.0 Å². The number of benzene rings is 1. The number of fused-ring (bicyclic) bond motifs is 1. The maximum atomic E-state index is 13.0. The second kappa shape index (κ2) is 7.48. The van der Waals surface area contributed by atoms with Crippen molar-refractivity contribution in [1.29, 1.82) is 0 Å². The number of rotatable bonds is 6. The summed E-state index contributed by atoms with van der Waals surface area (Å²) in [6.07, 6.45) is 3.93. The Bertz CT molecular complexity index is 956. The highest BCUT2D eigenvalue weighted by Crippen LogP contribution is 2.28. The lowest BCUT2D eigenvalue weighted by molar-refractivity contribution is 0.0977. The van der Waals surface area contributed by atoms with Crippen LogP contribution in [0.2, 0.25) is 0 Å². The van der Waals surface area contributed by atoms with Gasteiger partial charge in [0.25, 0.3) is 0 Å². The maximum absolute atomic E-state index is 13.0. The minimum absolute atomic E-state index is 0.131. The molecule has 0 unspecified atom stereocenters. The third-order valence-electron chi connectivity index (χ3n) is 5.25. The van der Waals surface area contributed by atoms with E-state index in [9.17, 15) is 9.90 Å². The van der Waals surface area contributed by atoms with E-state index in [-0.39, 0.29) is 11.5 Å². The van der Waals surface area contributed by atoms with Crippen molar-refractivity contribution < 1.29 is 9.90 Å². The summed E-state index contributed by atoms with van der Waals surface area (Å²) in [5.74, 6) is 0.333. The number of phenols is 1. The number of nitrogens with one attached hydrogen (secondary N) is 1. The fourth-order valence-electron chi connectivity index (χ4n) is 3.78. The molecule has 0 bridgehead atoms. The summed E-state index contributed by atoms with van der Waals surface area (Å²) in [6.45, 7) is 5.20. The molecule has 4 rings (SSSR count). The van der Waals surface area contributed by atoms with Crippen LogP contribution in [0.5, 0.6) is 5.75 Å². The van der Waals surface area contributed by atoms with Gasteiger partial charge < -0.3 is 10.0 Å². The highest BCUT2D eigenvalue weighted by molar-refractivity contribution is 6.08. The number of Topliss-reactive ketones (excluding diaryl/α,β-unsaturated/α-hetero) is 1. The van der Waals surface area contributed by atoms with Crippen LogP contribution in [0.15, 0.2) is 30.3 Å². The van der Waals surface area contributed by atoms with E-state index in [4.69, 9.17) is 0 Å². The lowest BCUT2D eigenvalue weighted by Gasteiger charge is -2.14. The van der Waals surface area contributed by atoms with Gasteiger partial charge in [-0.15, -0.1) is 0 Å². The van der Waals surface area contributed by atoms with E-state index in [2.05, 4.69) is 20.1 Å². The molecule has 6 heteroatoms. The van der Waals surface area contributed by atoms with Crippen molar-refractivity contribution in [3.63, 3.8) is 0 Å². The van der Waals surface area contributed by atoms with Gasteiger partial charge in [0.05, 0.1) is 11.1 Å². The molecule has 0 spiro atoms. The third kappa shape index (κ3) is 3.71. The molecule has 1 saturated heterocycles. The van der Waals surface area contributed by atoms with Crippen LogP contribution in [0, 0.1) is 6.92 Å². The first-order chi connectivity index (χ1) is 13.1. The van der Waals surface area contributed by atoms with Gasteiger partial charge >= 0.3 is 0 Å². The number of phenolic OH excluding ortho intramolecular Hbond substituents is 1. The molecule has 3 aromatic rings. The predicted molar refractivity (Wildman–Crippen MR) is 105 cm³/mol. The van der Waals surface area contributed by atoms with E-state index in [1.165, 1.54) is 12.8 Å². The largest absolute Gasteiger partial charge is 0.508 e. The topological polar surface area (TPSA) is 82.1 Å². The molecule has 140 valence electrons. The molecule has 1 fully saturated rings. The number of ketones is 1. The molecule has 1 aromatic carbocycles. The van der Waals surface area contributed by atoms with Crippen LogP contribution < -0.4 is 0 Å². The summed E-state index contributed by atoms with van der Waals surface area (Å²) in [5.41, 5.74) is 3.63. The zero-order valence-electron chi connectivity index (χ0n) is 15.5. The molecule has 1 aliphatic rings. The van der Waals surface area contributed by atoms with Crippen LogP contribution in [0.1, 0.15) is 41.7 Å². The number of H-pyrrole nitrogens is 1. The number of aromatic hydroxyl groups is 1. The van der Waals surface area contributed by atoms with Crippen LogP contribution in [0.4, 0.5) is 0 Å². The monoisotopic (exact) mass is 364 g/mol. The maximum Gasteiger partial charge on any atom is 0.182 e. The third-order valence-corrected chi connectivity index (χ3v) is 5.25. The number of carbonyl (C=O) groups is 1. The number of hydrogen-bond donors (Lipinski definition) is 2. The van der Waals surface area contributed by atoms with Gasteiger partial charge in [0, 0.05) is 23.2 Å². The Morgan fingerprint density at radius 1 is 1.22 bits per heavy atom. The highest BCUT2D eigenvalue weighted by atomic mass is 16.3. The molecule has 0 atom stereocenters. The number of aryl methyl sites for hydroxylation is 1. The minimum atomic E-state index is 0.131. The molecule has 3 heterocycles. The Kier molecular flexibility index (Phi) is 4.90. The fraction of sp³-hybridized carbons (Fsp3) is 0.381. The van der Waals surface area contributed by atoms with Crippen LogP contribution in [-0.4, -0.2) is 50.6 Å². The van der Waals surface area contributed by atoms with Gasteiger partial charge in [0.15, 0.2) is 11.4 Å². The lowest BCUT2D eigenvalue weighted by atomic mass is 10.00. The summed E-state index contributed by atoms with van der Waals surface area (Å²) in [5, 5.41) is 17.5. The van der Waals surface area contributed by atoms with Crippen LogP contribution in [0.3, 0.4) is 0 Å². The molecule has 0 aliphatic carbocycles. The first kappa shape index (κ1) is 17.7. The first-order valence-corrected chi connectivity index (χ1v) is 9.52. The van der Waals surface area contributed by atoms with Gasteiger partial charge in [-0.3, -0.25) is 9.89 Å². The van der Waals surface area contributed by atoms with E-state index < -0.39 is 0 Å². The number of carbonyl (C=O) groups excluding carboxylic acids is 1. The molecular formula is C21H24N4O2. The summed E-state index contributed by atoms with van der Waals surface area (Å²) >= 11 is 0. The van der Waals surface area contributed by atoms with Gasteiger partial charge in [-0.1, -0.05) is 0 Å². The van der Waals surface area contributed by atoms with Crippen LogP contribution >= 0.6 is 0 Å². The van der Waals surface area contributed by atoms with Gasteiger partial charge in [0.1, 0.15) is 5.75 Å². The minimum Gasteiger partial charge on any atom is -0.508 e. The molecular weight excluding hydrogens is 340 g/mol. The summed E-state index contributed by atoms with van der Waals surface area (Å²) < 4.78 is 0. The van der Waals surface area contributed by atoms with Crippen molar-refractivity contribution in [3.05, 3.63) is 41.6 Å². The molecule has 2 N–H and O–H groups in total. The smallest absolute Gasteiger partial charge is 0.182 e. The molecule has 1 aliphatic heterocycles. The molecule has 0 saturated carbocycles. The predicted octanol–water partition coefficient (Wildman–Crippen LogP) is 3.70. The molecule has 6 nitrogen and oxygen atoms in total. The van der Waals surface area contributed by atoms with Crippen LogP contribution in [0.25, 0.3) is 22.3 Å². The lowest BCUT2D eigenvalue weighted by Crippen LogP contribution is -2.21. The average Bonchev–Trinajstić information content (AvgIpc) is 3.32. The number of aromatic nitrogens is 3. The quantitative estimate of drug-likeness (QED) is 0.652. The van der Waals surface area contributed by atoms with Gasteiger partial charge in [-0.05, 0) is 76.2 Å². The summed E-state index contributed by atoms with van der Waals surface area (Å²) in [7, 11) is 0. The van der Waals surface area contributed by atoms with E-state index in [1.807, 2.05) is 13.0 Å². The Morgan fingerprint density at radius 3 is 2.70 bits per heavy atom. The number of nitrogens with zero attached hydrogens (tertiary/aromatic N) is 3. The molecule has 2 aromatic heterocycles. The number of pyridine rings is 1. The standard InChI is InChI=1S/C21H24N4O2/c1-14-20-17(19(27)5-4-12-25-10-2-3-11-25)13-18(22-21(20)24-23-14)15-6-8-16(26)9-7-15/h6-9,13,26H,2-5,10-12H2,1H3,(H,22,23,24). The Labute approximate surface area is 158 Å². The highest BCUT2D eigenvalue weighted by Gasteiger charge is 2.18. The first-order valence-electron chi connectivity index (χ1n) is 9.52. The second-order valence-electron chi connectivity index (χ2n) is 7.22. The molecule has 27 heavy (non-hydrogen) atoms. The SMILES string of the molecule is Cc1[nH]nc2nc(-c3ccc(O)cc3)cc(C(=O)CCCN3CCCC3)c12. The zero-order chi connectivity index (χ0) is 18.8. The normalized spacial score (nSPS) is 14.9. The Hall–Kier alpha value is -2.73. The second-order valence-corrected chi connectivity index (χ2v) is 7.22. The van der Waals surface area contributed by atoms with Crippen molar-refractivity contribution in [2.45, 2.75) is 32.6 Å². The van der Waals surface area contributed by atoms with Crippen molar-refractivity contribution in [2.75, 3.05) is 19.6 Å². The molecule has 0 radical (unpaired) electrons. The fourth-order valence-corrected chi connectivity index (χ4v) is 3.78. The zero-order valence-corrected chi connectivity index (χ0v) is 15.5. The average molecular weight is 364 g/mol. The number of aromatic amines is 1. The number of hydrogen-bond acceptors (Lipinski definition) is 5. The Morgan fingerprint density at radius 2 is 1.96 bits per heavy atom. The van der Waals surface area contributed by atoms with E-state index >= 15 is 0 Å². The van der Waals surface area contributed by atoms with Crippen molar-refractivity contribution in [1.82, 2.24) is 20.1 Å². The van der Waals surface area contributed by atoms with E-state index in [1.54, 1.807) is 24.3 Å². The van der Waals surface area contributed by atoms with E-state index in [0.29, 0.717) is 23.3 Å². The summed E-state index contributed by atoms with van der Waals surface area (Å²) in [6, 6.07) is 8.69. The van der Waals surface area contributed by atoms with Crippen LogP contribution in [-0.2, 0) is 0 Å². The van der Waals surface area contributed by atoms with Crippen molar-refractivity contribution in [2.24, 2.45) is 0 Å². The molecule has 0 amide bonds. The van der Waals surface area contributed by atoms with Gasteiger partial charge in [0.2, 0.25) is 0 Å².